The van der Waals surface area contributed by atoms with Crippen molar-refractivity contribution in [3.8, 4) is 0 Å². The molecule has 158 valence electrons. The monoisotopic (exact) mass is 413 g/mol. The van der Waals surface area contributed by atoms with Gasteiger partial charge in [0.15, 0.2) is 17.3 Å². The van der Waals surface area contributed by atoms with Crippen LogP contribution in [0.25, 0.3) is 0 Å². The first kappa shape index (κ1) is 20.3. The van der Waals surface area contributed by atoms with Crippen LogP contribution in [0.5, 0.6) is 0 Å². The molecule has 8 heteroatoms. The molecule has 0 fully saturated rings. The van der Waals surface area contributed by atoms with E-state index in [2.05, 4.69) is 4.99 Å². The summed E-state index contributed by atoms with van der Waals surface area (Å²) in [6.45, 7) is 1.37. The Kier molecular flexibility index (Phi) is 4.79. The molecular formula is C22H23NO7. The van der Waals surface area contributed by atoms with E-state index in [0.717, 1.165) is 5.57 Å². The van der Waals surface area contributed by atoms with Gasteiger partial charge < -0.3 is 23.7 Å². The number of aliphatic imine (C=N–C) groups is 1. The first-order valence-corrected chi connectivity index (χ1v) is 9.45. The van der Waals surface area contributed by atoms with Gasteiger partial charge in [-0.1, -0.05) is 6.08 Å². The molecule has 2 heterocycles. The lowest BCUT2D eigenvalue weighted by Crippen LogP contribution is -2.54. The molecule has 1 spiro atoms. The van der Waals surface area contributed by atoms with Crippen molar-refractivity contribution in [2.24, 2.45) is 10.9 Å². The van der Waals surface area contributed by atoms with E-state index in [1.807, 2.05) is 12.2 Å². The van der Waals surface area contributed by atoms with E-state index in [1.54, 1.807) is 19.3 Å². The molecule has 2 aliphatic heterocycles. The van der Waals surface area contributed by atoms with Gasteiger partial charge in [0, 0.05) is 26.0 Å². The summed E-state index contributed by atoms with van der Waals surface area (Å²) in [5.74, 6) is -1.40. The molecule has 0 N–H and O–H groups in total. The molecule has 1 amide bonds. The number of hydrogen-bond donors (Lipinski definition) is 0. The number of carbonyl (C=O) groups excluding carboxylic acids is 2. The molecule has 0 aromatic carbocycles. The quantitative estimate of drug-likeness (QED) is 0.652. The minimum Gasteiger partial charge on any atom is -0.496 e. The van der Waals surface area contributed by atoms with E-state index in [1.165, 1.54) is 34.3 Å². The molecule has 3 unspecified atom stereocenters. The van der Waals surface area contributed by atoms with Gasteiger partial charge in [-0.3, -0.25) is 9.59 Å². The van der Waals surface area contributed by atoms with Gasteiger partial charge in [0.25, 0.3) is 5.79 Å². The van der Waals surface area contributed by atoms with E-state index in [0.29, 0.717) is 35.0 Å². The Bertz CT molecular complexity index is 1010. The summed E-state index contributed by atoms with van der Waals surface area (Å²) in [4.78, 5) is 28.9. The van der Waals surface area contributed by atoms with Crippen molar-refractivity contribution in [1.29, 1.82) is 0 Å². The molecule has 2 aliphatic carbocycles. The van der Waals surface area contributed by atoms with Crippen molar-refractivity contribution in [3.05, 3.63) is 58.8 Å². The summed E-state index contributed by atoms with van der Waals surface area (Å²) < 4.78 is 28.7. The molecule has 8 nitrogen and oxygen atoms in total. The molecule has 0 saturated carbocycles. The lowest BCUT2D eigenvalue weighted by molar-refractivity contribution is -0.218. The smallest absolute Gasteiger partial charge is 0.254 e. The van der Waals surface area contributed by atoms with E-state index in [4.69, 9.17) is 23.7 Å². The van der Waals surface area contributed by atoms with Crippen LogP contribution in [0.1, 0.15) is 13.3 Å². The van der Waals surface area contributed by atoms with Gasteiger partial charge in [0.2, 0.25) is 11.7 Å². The van der Waals surface area contributed by atoms with E-state index >= 15 is 0 Å². The number of ether oxygens (including phenoxy) is 5. The van der Waals surface area contributed by atoms with Gasteiger partial charge in [0.05, 0.1) is 33.0 Å². The van der Waals surface area contributed by atoms with Crippen LogP contribution in [0, 0.1) is 5.92 Å². The minimum atomic E-state index is -1.54. The standard InChI is InChI=1S/C22H23NO7/c1-12(24)23-15-7-6-13-10-16(26-2)19(27-3)20(28-4)18(13)21-8-9-22(29-5,30-21)17(25)11-14(15)21/h6,8-11,18H,7H2,1-5H3. The fourth-order valence-corrected chi connectivity index (χ4v) is 4.51. The van der Waals surface area contributed by atoms with E-state index < -0.39 is 17.3 Å². The minimum absolute atomic E-state index is 0.330. The molecular weight excluding hydrogens is 390 g/mol. The maximum atomic E-state index is 12.9. The molecule has 0 aromatic rings. The lowest BCUT2D eigenvalue weighted by Gasteiger charge is -2.44. The predicted octanol–water partition coefficient (Wildman–Crippen LogP) is 2.15. The number of methoxy groups -OCH3 is 4. The number of amides is 1. The summed E-state index contributed by atoms with van der Waals surface area (Å²) in [6, 6.07) is 0. The average Bonchev–Trinajstić information content (AvgIpc) is 3.04. The summed E-state index contributed by atoms with van der Waals surface area (Å²) in [5, 5.41) is 0. The number of nitrogens with zero attached hydrogens (tertiary/aromatic N) is 1. The zero-order valence-corrected chi connectivity index (χ0v) is 17.5. The number of ketones is 1. The summed E-state index contributed by atoms with van der Waals surface area (Å²) >= 11 is 0. The summed E-state index contributed by atoms with van der Waals surface area (Å²) in [5.41, 5.74) is 0.608. The second-order valence-electron chi connectivity index (χ2n) is 7.26. The van der Waals surface area contributed by atoms with Crippen LogP contribution >= 0.6 is 0 Å². The van der Waals surface area contributed by atoms with Crippen LogP contribution in [0.3, 0.4) is 0 Å². The van der Waals surface area contributed by atoms with E-state index in [9.17, 15) is 9.59 Å². The largest absolute Gasteiger partial charge is 0.496 e. The van der Waals surface area contributed by atoms with Crippen molar-refractivity contribution in [3.63, 3.8) is 0 Å². The highest BCUT2D eigenvalue weighted by atomic mass is 16.7. The third-order valence-corrected chi connectivity index (χ3v) is 5.76. The maximum Gasteiger partial charge on any atom is 0.254 e. The summed E-state index contributed by atoms with van der Waals surface area (Å²) in [6.07, 6.45) is 8.94. The highest BCUT2D eigenvalue weighted by Crippen LogP contribution is 2.55. The summed E-state index contributed by atoms with van der Waals surface area (Å²) in [7, 11) is 6.02. The molecule has 3 atom stereocenters. The third kappa shape index (κ3) is 2.64. The number of hydrogen-bond acceptors (Lipinski definition) is 7. The van der Waals surface area contributed by atoms with Crippen LogP contribution in [-0.2, 0) is 33.3 Å². The Labute approximate surface area is 174 Å². The molecule has 30 heavy (non-hydrogen) atoms. The lowest BCUT2D eigenvalue weighted by atomic mass is 9.73. The first-order valence-electron chi connectivity index (χ1n) is 9.45. The van der Waals surface area contributed by atoms with Crippen LogP contribution < -0.4 is 0 Å². The fraction of sp³-hybridized carbons (Fsp3) is 0.409. The molecule has 4 rings (SSSR count). The van der Waals surface area contributed by atoms with Crippen LogP contribution in [-0.4, -0.2) is 57.2 Å². The Morgan fingerprint density at radius 3 is 2.50 bits per heavy atom. The average molecular weight is 413 g/mol. The van der Waals surface area contributed by atoms with Crippen LogP contribution in [0.2, 0.25) is 0 Å². The molecule has 0 saturated heterocycles. The van der Waals surface area contributed by atoms with Gasteiger partial charge in [0.1, 0.15) is 5.60 Å². The van der Waals surface area contributed by atoms with Crippen molar-refractivity contribution in [2.75, 3.05) is 28.4 Å². The third-order valence-electron chi connectivity index (χ3n) is 5.76. The topological polar surface area (TPSA) is 92.7 Å². The van der Waals surface area contributed by atoms with Crippen molar-refractivity contribution in [2.45, 2.75) is 24.7 Å². The Balaban J connectivity index is 2.03. The Morgan fingerprint density at radius 2 is 1.90 bits per heavy atom. The number of allylic oxidation sites excluding steroid dienone is 2. The van der Waals surface area contributed by atoms with Crippen molar-refractivity contribution >= 4 is 17.4 Å². The van der Waals surface area contributed by atoms with Gasteiger partial charge in [-0.15, -0.1) is 0 Å². The Hall–Kier alpha value is -2.97. The van der Waals surface area contributed by atoms with Crippen molar-refractivity contribution < 1.29 is 33.3 Å². The second kappa shape index (κ2) is 7.07. The number of rotatable bonds is 4. The number of fused-ring (bicyclic) bond motifs is 2. The van der Waals surface area contributed by atoms with Gasteiger partial charge in [-0.25, -0.2) is 4.99 Å². The van der Waals surface area contributed by atoms with Gasteiger partial charge in [-0.2, -0.15) is 0 Å². The predicted molar refractivity (Wildman–Crippen MR) is 106 cm³/mol. The highest BCUT2D eigenvalue weighted by Gasteiger charge is 2.62. The SMILES string of the molecule is COC1=CC2=CCC(=NC(C)=O)C3=CC(=O)C4(OC)C=CC3(O4)C2C(OC)=C1OC. The van der Waals surface area contributed by atoms with Crippen LogP contribution in [0.15, 0.2) is 63.8 Å². The molecule has 0 aromatic heterocycles. The molecule has 4 aliphatic rings. The molecule has 2 bridgehead atoms. The number of carbonyl (C=O) groups is 2. The van der Waals surface area contributed by atoms with Crippen LogP contribution in [0.4, 0.5) is 0 Å². The highest BCUT2D eigenvalue weighted by molar-refractivity contribution is 6.15. The zero-order valence-electron chi connectivity index (χ0n) is 17.5. The molecule has 0 radical (unpaired) electrons. The first-order chi connectivity index (χ1) is 14.4. The maximum absolute atomic E-state index is 12.9. The second-order valence-corrected chi connectivity index (χ2v) is 7.26. The van der Waals surface area contributed by atoms with E-state index in [-0.39, 0.29) is 11.7 Å². The zero-order chi connectivity index (χ0) is 21.7. The fourth-order valence-electron chi connectivity index (χ4n) is 4.51. The van der Waals surface area contributed by atoms with Gasteiger partial charge >= 0.3 is 0 Å². The van der Waals surface area contributed by atoms with Gasteiger partial charge in [-0.05, 0) is 29.9 Å². The normalized spacial score (nSPS) is 33.2. The Morgan fingerprint density at radius 1 is 1.13 bits per heavy atom. The van der Waals surface area contributed by atoms with Crippen molar-refractivity contribution in [1.82, 2.24) is 0 Å².